The van der Waals surface area contributed by atoms with Gasteiger partial charge in [0.15, 0.2) is 0 Å². The summed E-state index contributed by atoms with van der Waals surface area (Å²) in [6.45, 7) is 6.13. The van der Waals surface area contributed by atoms with E-state index in [9.17, 15) is 4.79 Å². The molecule has 0 aliphatic heterocycles. The predicted molar refractivity (Wildman–Crippen MR) is 54.8 cm³/mol. The fourth-order valence-corrected chi connectivity index (χ4v) is 1.30. The lowest BCUT2D eigenvalue weighted by molar-refractivity contribution is -0.123. The average molecular weight is 186 g/mol. The summed E-state index contributed by atoms with van der Waals surface area (Å²) in [6, 6.07) is 0. The van der Waals surface area contributed by atoms with Gasteiger partial charge in [0.1, 0.15) is 5.78 Å². The first-order valence-electron chi connectivity index (χ1n) is 5.17. The van der Waals surface area contributed by atoms with E-state index in [0.29, 0.717) is 12.2 Å². The molecule has 2 nitrogen and oxygen atoms in total. The topological polar surface area (TPSA) is 26.3 Å². The van der Waals surface area contributed by atoms with Gasteiger partial charge in [-0.05, 0) is 19.8 Å². The number of Topliss-reactive ketones (excluding diaryl/α,β-unsaturated/α-hetero) is 1. The second kappa shape index (κ2) is 7.07. The van der Waals surface area contributed by atoms with Crippen LogP contribution in [0, 0.1) is 5.92 Å². The van der Waals surface area contributed by atoms with Gasteiger partial charge in [-0.25, -0.2) is 0 Å². The maximum Gasteiger partial charge on any atom is 0.135 e. The van der Waals surface area contributed by atoms with E-state index in [1.807, 2.05) is 13.8 Å². The second-order valence-corrected chi connectivity index (χ2v) is 3.74. The van der Waals surface area contributed by atoms with Crippen molar-refractivity contribution in [3.63, 3.8) is 0 Å². The molecule has 0 amide bonds. The monoisotopic (exact) mass is 186 g/mol. The molecular weight excluding hydrogens is 164 g/mol. The number of hydrogen-bond donors (Lipinski definition) is 0. The van der Waals surface area contributed by atoms with Crippen LogP contribution in [-0.4, -0.2) is 19.0 Å². The highest BCUT2D eigenvalue weighted by Gasteiger charge is 2.12. The normalized spacial score (nSPS) is 15.4. The summed E-state index contributed by atoms with van der Waals surface area (Å²) in [4.78, 5) is 11.5. The van der Waals surface area contributed by atoms with E-state index >= 15 is 0 Å². The summed E-state index contributed by atoms with van der Waals surface area (Å²) in [6.07, 6.45) is 3.82. The van der Waals surface area contributed by atoms with E-state index in [0.717, 1.165) is 19.3 Å². The standard InChI is InChI=1S/C11H22O2/c1-5-6-9(2)11(12)8-7-10(3)13-4/h9-10H,5-8H2,1-4H3. The maximum absolute atomic E-state index is 11.5. The van der Waals surface area contributed by atoms with E-state index in [1.165, 1.54) is 0 Å². The van der Waals surface area contributed by atoms with Crippen LogP contribution in [-0.2, 0) is 9.53 Å². The van der Waals surface area contributed by atoms with Crippen LogP contribution in [0.1, 0.15) is 46.5 Å². The quantitative estimate of drug-likeness (QED) is 0.611. The number of hydrogen-bond acceptors (Lipinski definition) is 2. The fraction of sp³-hybridized carbons (Fsp3) is 0.909. The lowest BCUT2D eigenvalue weighted by Gasteiger charge is -2.11. The van der Waals surface area contributed by atoms with Crippen LogP contribution < -0.4 is 0 Å². The Morgan fingerprint density at radius 2 is 1.92 bits per heavy atom. The Morgan fingerprint density at radius 3 is 2.38 bits per heavy atom. The molecule has 13 heavy (non-hydrogen) atoms. The third-order valence-electron chi connectivity index (χ3n) is 2.47. The highest BCUT2D eigenvalue weighted by atomic mass is 16.5. The van der Waals surface area contributed by atoms with Gasteiger partial charge in [0.05, 0.1) is 6.10 Å². The molecule has 0 spiro atoms. The minimum atomic E-state index is 0.206. The number of rotatable bonds is 7. The molecule has 0 aliphatic carbocycles. The Labute approximate surface area is 81.7 Å². The predicted octanol–water partition coefficient (Wildman–Crippen LogP) is 2.81. The van der Waals surface area contributed by atoms with Crippen LogP contribution in [0.5, 0.6) is 0 Å². The second-order valence-electron chi connectivity index (χ2n) is 3.74. The molecule has 2 heteroatoms. The third kappa shape index (κ3) is 5.81. The van der Waals surface area contributed by atoms with E-state index in [2.05, 4.69) is 6.92 Å². The van der Waals surface area contributed by atoms with Crippen molar-refractivity contribution in [2.24, 2.45) is 5.92 Å². The van der Waals surface area contributed by atoms with Crippen molar-refractivity contribution in [2.75, 3.05) is 7.11 Å². The van der Waals surface area contributed by atoms with Gasteiger partial charge in [0, 0.05) is 19.4 Å². The van der Waals surface area contributed by atoms with Crippen molar-refractivity contribution in [3.05, 3.63) is 0 Å². The van der Waals surface area contributed by atoms with Crippen LogP contribution in [0.25, 0.3) is 0 Å². The third-order valence-corrected chi connectivity index (χ3v) is 2.47. The molecule has 0 saturated heterocycles. The van der Waals surface area contributed by atoms with Gasteiger partial charge < -0.3 is 4.74 Å². The van der Waals surface area contributed by atoms with Gasteiger partial charge in [0.2, 0.25) is 0 Å². The zero-order valence-electron chi connectivity index (χ0n) is 9.30. The Hall–Kier alpha value is -0.370. The van der Waals surface area contributed by atoms with Crippen LogP contribution >= 0.6 is 0 Å². The number of ketones is 1. The molecule has 0 radical (unpaired) electrons. The van der Waals surface area contributed by atoms with E-state index < -0.39 is 0 Å². The molecule has 0 rings (SSSR count). The van der Waals surface area contributed by atoms with Crippen molar-refractivity contribution < 1.29 is 9.53 Å². The fourth-order valence-electron chi connectivity index (χ4n) is 1.30. The number of carbonyl (C=O) groups is 1. The summed E-state index contributed by atoms with van der Waals surface area (Å²) in [5, 5.41) is 0. The molecule has 2 atom stereocenters. The van der Waals surface area contributed by atoms with Gasteiger partial charge >= 0.3 is 0 Å². The average Bonchev–Trinajstić information content (AvgIpc) is 2.13. The number of carbonyl (C=O) groups excluding carboxylic acids is 1. The van der Waals surface area contributed by atoms with Crippen molar-refractivity contribution in [1.29, 1.82) is 0 Å². The molecular formula is C11H22O2. The molecule has 2 unspecified atom stereocenters. The molecule has 0 bridgehead atoms. The smallest absolute Gasteiger partial charge is 0.135 e. The van der Waals surface area contributed by atoms with E-state index in [1.54, 1.807) is 7.11 Å². The van der Waals surface area contributed by atoms with Gasteiger partial charge in [-0.3, -0.25) is 4.79 Å². The van der Waals surface area contributed by atoms with Crippen LogP contribution in [0.15, 0.2) is 0 Å². The first-order valence-corrected chi connectivity index (χ1v) is 5.17. The molecule has 0 heterocycles. The summed E-state index contributed by atoms with van der Waals surface area (Å²) in [5.74, 6) is 0.611. The minimum Gasteiger partial charge on any atom is -0.382 e. The minimum absolute atomic E-state index is 0.206. The van der Waals surface area contributed by atoms with E-state index in [4.69, 9.17) is 4.74 Å². The SMILES string of the molecule is CCCC(C)C(=O)CCC(C)OC. The molecule has 0 saturated carbocycles. The highest BCUT2D eigenvalue weighted by Crippen LogP contribution is 2.11. The Balaban J connectivity index is 3.61. The van der Waals surface area contributed by atoms with Crippen molar-refractivity contribution >= 4 is 5.78 Å². The molecule has 0 fully saturated rings. The van der Waals surface area contributed by atoms with E-state index in [-0.39, 0.29) is 12.0 Å². The van der Waals surface area contributed by atoms with Crippen molar-refractivity contribution in [3.8, 4) is 0 Å². The van der Waals surface area contributed by atoms with Crippen LogP contribution in [0.2, 0.25) is 0 Å². The summed E-state index contributed by atoms with van der Waals surface area (Å²) >= 11 is 0. The van der Waals surface area contributed by atoms with Gasteiger partial charge in [-0.15, -0.1) is 0 Å². The van der Waals surface area contributed by atoms with Gasteiger partial charge in [0.25, 0.3) is 0 Å². The highest BCUT2D eigenvalue weighted by molar-refractivity contribution is 5.80. The molecule has 0 aromatic rings. The Morgan fingerprint density at radius 1 is 1.31 bits per heavy atom. The Kier molecular flexibility index (Phi) is 6.87. The molecule has 0 aromatic heterocycles. The van der Waals surface area contributed by atoms with Crippen LogP contribution in [0.4, 0.5) is 0 Å². The lowest BCUT2D eigenvalue weighted by Crippen LogP contribution is -2.14. The summed E-state index contributed by atoms with van der Waals surface area (Å²) < 4.78 is 5.09. The van der Waals surface area contributed by atoms with Crippen molar-refractivity contribution in [1.82, 2.24) is 0 Å². The summed E-state index contributed by atoms with van der Waals surface area (Å²) in [5.41, 5.74) is 0. The largest absolute Gasteiger partial charge is 0.382 e. The number of methoxy groups -OCH3 is 1. The molecule has 0 aliphatic rings. The molecule has 78 valence electrons. The van der Waals surface area contributed by atoms with Gasteiger partial charge in [-0.1, -0.05) is 20.3 Å². The molecule has 0 aromatic carbocycles. The lowest BCUT2D eigenvalue weighted by atomic mass is 9.97. The maximum atomic E-state index is 11.5. The number of ether oxygens (including phenoxy) is 1. The van der Waals surface area contributed by atoms with Crippen LogP contribution in [0.3, 0.4) is 0 Å². The molecule has 0 N–H and O–H groups in total. The Bertz CT molecular complexity index is 143. The van der Waals surface area contributed by atoms with Gasteiger partial charge in [-0.2, -0.15) is 0 Å². The zero-order chi connectivity index (χ0) is 10.3. The first kappa shape index (κ1) is 12.6. The zero-order valence-corrected chi connectivity index (χ0v) is 9.30. The summed E-state index contributed by atoms with van der Waals surface area (Å²) in [7, 11) is 1.69. The first-order chi connectivity index (χ1) is 6.11. The van der Waals surface area contributed by atoms with Crippen molar-refractivity contribution in [2.45, 2.75) is 52.6 Å².